The molecular formula is C40H27NO. The van der Waals surface area contributed by atoms with Crippen LogP contribution in [-0.2, 0) is 0 Å². The van der Waals surface area contributed by atoms with Gasteiger partial charge in [0.05, 0.1) is 0 Å². The molecule has 1 heterocycles. The molecule has 198 valence electrons. The molecule has 8 aromatic rings. The van der Waals surface area contributed by atoms with Crippen LogP contribution in [0, 0.1) is 0 Å². The molecule has 0 spiro atoms. The van der Waals surface area contributed by atoms with E-state index in [4.69, 9.17) is 4.42 Å². The number of anilines is 3. The lowest BCUT2D eigenvalue weighted by molar-refractivity contribution is 0.631. The van der Waals surface area contributed by atoms with E-state index in [0.717, 1.165) is 39.4 Å². The predicted octanol–water partition coefficient (Wildman–Crippen LogP) is 11.5. The van der Waals surface area contributed by atoms with Crippen LogP contribution in [0.15, 0.2) is 168 Å². The zero-order valence-electron chi connectivity index (χ0n) is 22.9. The summed E-state index contributed by atoms with van der Waals surface area (Å²) in [5.74, 6) is 0.887. The van der Waals surface area contributed by atoms with Crippen molar-refractivity contribution >= 4 is 49.6 Å². The number of para-hydroxylation sites is 2. The minimum Gasteiger partial charge on any atom is -0.456 e. The lowest BCUT2D eigenvalue weighted by Gasteiger charge is -2.26. The number of hydrogen-bond donors (Lipinski definition) is 0. The molecule has 0 aliphatic heterocycles. The van der Waals surface area contributed by atoms with Gasteiger partial charge in [0.25, 0.3) is 0 Å². The number of hydrogen-bond acceptors (Lipinski definition) is 2. The fourth-order valence-corrected chi connectivity index (χ4v) is 5.87. The number of furan rings is 1. The first-order chi connectivity index (χ1) is 20.8. The molecule has 7 aromatic carbocycles. The number of rotatable bonds is 5. The summed E-state index contributed by atoms with van der Waals surface area (Å²) in [7, 11) is 0. The molecule has 42 heavy (non-hydrogen) atoms. The van der Waals surface area contributed by atoms with Crippen molar-refractivity contribution < 1.29 is 4.42 Å². The van der Waals surface area contributed by atoms with Crippen molar-refractivity contribution in [2.75, 3.05) is 4.90 Å². The lowest BCUT2D eigenvalue weighted by Crippen LogP contribution is -2.09. The summed E-state index contributed by atoms with van der Waals surface area (Å²) < 4.78 is 6.14. The monoisotopic (exact) mass is 537 g/mol. The predicted molar refractivity (Wildman–Crippen MR) is 177 cm³/mol. The van der Waals surface area contributed by atoms with Gasteiger partial charge < -0.3 is 9.32 Å². The zero-order valence-corrected chi connectivity index (χ0v) is 22.9. The Morgan fingerprint density at radius 3 is 1.74 bits per heavy atom. The van der Waals surface area contributed by atoms with E-state index in [1.165, 1.54) is 32.7 Å². The van der Waals surface area contributed by atoms with E-state index in [1.54, 1.807) is 0 Å². The first-order valence-corrected chi connectivity index (χ1v) is 14.3. The Morgan fingerprint density at radius 1 is 0.333 bits per heavy atom. The van der Waals surface area contributed by atoms with Gasteiger partial charge in [0.2, 0.25) is 0 Å². The summed E-state index contributed by atoms with van der Waals surface area (Å²) in [5.41, 5.74) is 7.73. The first kappa shape index (κ1) is 24.2. The Labute approximate surface area is 244 Å². The van der Waals surface area contributed by atoms with Crippen LogP contribution in [0.4, 0.5) is 17.1 Å². The molecule has 2 heteroatoms. The Bertz CT molecular complexity index is 2180. The van der Waals surface area contributed by atoms with Gasteiger partial charge in [0.15, 0.2) is 0 Å². The van der Waals surface area contributed by atoms with Gasteiger partial charge in [-0.05, 0) is 93.3 Å². The highest BCUT2D eigenvalue weighted by molar-refractivity contribution is 5.94. The Kier molecular flexibility index (Phi) is 5.82. The summed E-state index contributed by atoms with van der Waals surface area (Å²) in [4.78, 5) is 2.33. The third-order valence-corrected chi connectivity index (χ3v) is 7.99. The molecule has 0 saturated carbocycles. The van der Waals surface area contributed by atoms with Crippen molar-refractivity contribution in [1.82, 2.24) is 0 Å². The van der Waals surface area contributed by atoms with Crippen molar-refractivity contribution in [2.45, 2.75) is 0 Å². The van der Waals surface area contributed by atoms with Crippen LogP contribution in [0.25, 0.3) is 55.0 Å². The quantitative estimate of drug-likeness (QED) is 0.217. The standard InChI is InChI=1S/C40H27NO/c1-2-14-36(15-3-1)41(37-21-19-28-9-4-5-10-30(28)25-37)38-22-20-32-23-31(17-18-33(32)26-38)29-12-8-13-34(24-29)40-27-35-11-6-7-16-39(35)42-40/h1-27H. The second-order valence-electron chi connectivity index (χ2n) is 10.7. The van der Waals surface area contributed by atoms with E-state index in [-0.39, 0.29) is 0 Å². The number of nitrogens with zero attached hydrogens (tertiary/aromatic N) is 1. The topological polar surface area (TPSA) is 16.4 Å². The molecule has 0 radical (unpaired) electrons. The summed E-state index contributed by atoms with van der Waals surface area (Å²) >= 11 is 0. The molecule has 0 amide bonds. The fraction of sp³-hybridized carbons (Fsp3) is 0. The summed E-state index contributed by atoms with van der Waals surface area (Å²) in [6.07, 6.45) is 0. The molecule has 1 aromatic heterocycles. The van der Waals surface area contributed by atoms with Crippen LogP contribution >= 0.6 is 0 Å². The molecule has 0 atom stereocenters. The van der Waals surface area contributed by atoms with Gasteiger partial charge in [-0.1, -0.05) is 103 Å². The van der Waals surface area contributed by atoms with E-state index in [1.807, 2.05) is 18.2 Å². The van der Waals surface area contributed by atoms with Crippen molar-refractivity contribution in [3.8, 4) is 22.5 Å². The molecule has 8 rings (SSSR count). The largest absolute Gasteiger partial charge is 0.456 e. The lowest BCUT2D eigenvalue weighted by atomic mass is 9.98. The molecule has 0 N–H and O–H groups in total. The molecule has 0 bridgehead atoms. The maximum atomic E-state index is 6.14. The highest BCUT2D eigenvalue weighted by atomic mass is 16.3. The van der Waals surface area contributed by atoms with Crippen LogP contribution < -0.4 is 4.90 Å². The third kappa shape index (κ3) is 4.40. The zero-order chi connectivity index (χ0) is 27.9. The number of benzene rings is 7. The van der Waals surface area contributed by atoms with E-state index in [2.05, 4.69) is 150 Å². The average molecular weight is 538 g/mol. The molecule has 0 unspecified atom stereocenters. The van der Waals surface area contributed by atoms with Gasteiger partial charge in [-0.2, -0.15) is 0 Å². The molecule has 2 nitrogen and oxygen atoms in total. The van der Waals surface area contributed by atoms with Crippen LogP contribution in [-0.4, -0.2) is 0 Å². The van der Waals surface area contributed by atoms with Crippen LogP contribution in [0.5, 0.6) is 0 Å². The first-order valence-electron chi connectivity index (χ1n) is 14.3. The summed E-state index contributed by atoms with van der Waals surface area (Å²) in [5, 5.41) is 5.99. The Hall–Kier alpha value is -5.60. The normalized spacial score (nSPS) is 11.3. The van der Waals surface area contributed by atoms with E-state index < -0.39 is 0 Å². The van der Waals surface area contributed by atoms with Gasteiger partial charge in [0.1, 0.15) is 11.3 Å². The minimum atomic E-state index is 0.887. The molecule has 0 aliphatic carbocycles. The van der Waals surface area contributed by atoms with Gasteiger partial charge in [-0.3, -0.25) is 0 Å². The second kappa shape index (κ2) is 10.1. The van der Waals surface area contributed by atoms with E-state index in [0.29, 0.717) is 0 Å². The fourth-order valence-electron chi connectivity index (χ4n) is 5.87. The Morgan fingerprint density at radius 2 is 0.929 bits per heavy atom. The highest BCUT2D eigenvalue weighted by Gasteiger charge is 2.14. The van der Waals surface area contributed by atoms with Crippen molar-refractivity contribution in [1.29, 1.82) is 0 Å². The number of fused-ring (bicyclic) bond motifs is 3. The van der Waals surface area contributed by atoms with Gasteiger partial charge >= 0.3 is 0 Å². The van der Waals surface area contributed by atoms with Crippen LogP contribution in [0.2, 0.25) is 0 Å². The summed E-state index contributed by atoms with van der Waals surface area (Å²) in [6, 6.07) is 58.1. The maximum Gasteiger partial charge on any atom is 0.135 e. The van der Waals surface area contributed by atoms with Crippen molar-refractivity contribution in [2.24, 2.45) is 0 Å². The SMILES string of the molecule is c1ccc(N(c2ccc3ccccc3c2)c2ccc3cc(-c4cccc(-c5cc6ccccc6o5)c4)ccc3c2)cc1. The summed E-state index contributed by atoms with van der Waals surface area (Å²) in [6.45, 7) is 0. The van der Waals surface area contributed by atoms with Crippen LogP contribution in [0.3, 0.4) is 0 Å². The van der Waals surface area contributed by atoms with E-state index in [9.17, 15) is 0 Å². The van der Waals surface area contributed by atoms with Gasteiger partial charge in [0, 0.05) is 28.0 Å². The second-order valence-corrected chi connectivity index (χ2v) is 10.7. The molecule has 0 fully saturated rings. The maximum absolute atomic E-state index is 6.14. The molecular weight excluding hydrogens is 510 g/mol. The highest BCUT2D eigenvalue weighted by Crippen LogP contribution is 2.38. The van der Waals surface area contributed by atoms with Crippen LogP contribution in [0.1, 0.15) is 0 Å². The molecule has 0 saturated heterocycles. The van der Waals surface area contributed by atoms with Crippen molar-refractivity contribution in [3.63, 3.8) is 0 Å². The average Bonchev–Trinajstić information content (AvgIpc) is 3.50. The smallest absolute Gasteiger partial charge is 0.135 e. The molecule has 0 aliphatic rings. The van der Waals surface area contributed by atoms with Gasteiger partial charge in [-0.25, -0.2) is 0 Å². The van der Waals surface area contributed by atoms with E-state index >= 15 is 0 Å². The van der Waals surface area contributed by atoms with Crippen molar-refractivity contribution in [3.05, 3.63) is 164 Å². The third-order valence-electron chi connectivity index (χ3n) is 7.99. The minimum absolute atomic E-state index is 0.887. The Balaban J connectivity index is 1.18. The van der Waals surface area contributed by atoms with Gasteiger partial charge in [-0.15, -0.1) is 0 Å².